The molecule has 3 heterocycles. The maximum atomic E-state index is 13.3. The molecular formula is C21H24ClN5O3. The van der Waals surface area contributed by atoms with Crippen LogP contribution in [0.5, 0.6) is 5.75 Å². The van der Waals surface area contributed by atoms with E-state index in [2.05, 4.69) is 15.3 Å². The molecular weight excluding hydrogens is 406 g/mol. The largest absolute Gasteiger partial charge is 0.486 e. The molecule has 0 bridgehead atoms. The van der Waals surface area contributed by atoms with E-state index in [1.54, 1.807) is 29.2 Å². The summed E-state index contributed by atoms with van der Waals surface area (Å²) in [5.41, 5.74) is 9.29. The molecule has 0 saturated carbocycles. The zero-order valence-corrected chi connectivity index (χ0v) is 17.6. The number of nitrogens with zero attached hydrogens (tertiary/aromatic N) is 3. The minimum atomic E-state index is -0.614. The second-order valence-corrected chi connectivity index (χ2v) is 7.95. The molecule has 9 heteroatoms. The number of aromatic nitrogens is 2. The van der Waals surface area contributed by atoms with Crippen molar-refractivity contribution in [3.05, 3.63) is 57.8 Å². The van der Waals surface area contributed by atoms with Crippen LogP contribution in [0, 0.1) is 13.8 Å². The molecule has 1 saturated heterocycles. The number of carbonyl (C=O) groups is 1. The summed E-state index contributed by atoms with van der Waals surface area (Å²) >= 11 is 6.18. The topological polar surface area (TPSA) is 114 Å². The molecule has 2 aliphatic rings. The fourth-order valence-electron chi connectivity index (χ4n) is 3.69. The Hall–Kier alpha value is -2.68. The van der Waals surface area contributed by atoms with E-state index in [0.29, 0.717) is 58.9 Å². The Kier molecular flexibility index (Phi) is 5.64. The van der Waals surface area contributed by atoms with Crippen LogP contribution in [0.3, 0.4) is 0 Å². The standard InChI is InChI=1S/C21H24ClN5O3/c1-11-19(22)12(2)26-20(25-11)14-9-27(10-15(14)23)21(29)13-5-3-4-6-17(13)30-18-8-24-7-16(18)28/h3-6,16,18,24,28H,7-10,23H2,1-2H3/t16-,18?/m0/s1. The average Bonchev–Trinajstić information content (AvgIpc) is 3.31. The zero-order chi connectivity index (χ0) is 21.4. The molecule has 1 aromatic heterocycles. The summed E-state index contributed by atoms with van der Waals surface area (Å²) in [6.07, 6.45) is -1.01. The number of amides is 1. The Bertz CT molecular complexity index is 1000. The number of nitrogens with one attached hydrogen (secondary N) is 1. The number of aliphatic hydroxyl groups is 1. The first-order valence-electron chi connectivity index (χ1n) is 9.77. The fraction of sp³-hybridized carbons (Fsp3) is 0.381. The molecule has 4 rings (SSSR count). The molecule has 1 aromatic carbocycles. The quantitative estimate of drug-likeness (QED) is 0.670. The number of rotatable bonds is 4. The number of β-amino-alcohol motifs (C(OH)–C–C–N with tert-alkyl or cyclic N) is 1. The van der Waals surface area contributed by atoms with Crippen LogP contribution in [-0.2, 0) is 0 Å². The molecule has 8 nitrogen and oxygen atoms in total. The lowest BCUT2D eigenvalue weighted by Crippen LogP contribution is -2.33. The summed E-state index contributed by atoms with van der Waals surface area (Å²) in [6.45, 7) is 5.20. The number of hydrogen-bond donors (Lipinski definition) is 3. The van der Waals surface area contributed by atoms with E-state index < -0.39 is 12.2 Å². The maximum absolute atomic E-state index is 13.3. The van der Waals surface area contributed by atoms with Crippen molar-refractivity contribution in [3.8, 4) is 5.75 Å². The van der Waals surface area contributed by atoms with Gasteiger partial charge in [-0.25, -0.2) is 9.97 Å². The first kappa shape index (κ1) is 20.6. The molecule has 1 amide bonds. The average molecular weight is 430 g/mol. The van der Waals surface area contributed by atoms with Gasteiger partial charge in [-0.15, -0.1) is 0 Å². The van der Waals surface area contributed by atoms with Gasteiger partial charge < -0.3 is 25.8 Å². The molecule has 2 atom stereocenters. The van der Waals surface area contributed by atoms with Crippen LogP contribution in [0.2, 0.25) is 5.02 Å². The summed E-state index contributed by atoms with van der Waals surface area (Å²) in [5, 5.41) is 13.6. The van der Waals surface area contributed by atoms with Gasteiger partial charge >= 0.3 is 0 Å². The van der Waals surface area contributed by atoms with Crippen molar-refractivity contribution in [1.29, 1.82) is 0 Å². The Morgan fingerprint density at radius 2 is 1.93 bits per heavy atom. The van der Waals surface area contributed by atoms with Crippen LogP contribution >= 0.6 is 11.6 Å². The van der Waals surface area contributed by atoms with Gasteiger partial charge in [0.15, 0.2) is 5.82 Å². The number of para-hydroxylation sites is 1. The summed E-state index contributed by atoms with van der Waals surface area (Å²) in [5.74, 6) is 0.731. The lowest BCUT2D eigenvalue weighted by atomic mass is 10.1. The highest BCUT2D eigenvalue weighted by molar-refractivity contribution is 6.31. The lowest BCUT2D eigenvalue weighted by Gasteiger charge is -2.21. The molecule has 0 spiro atoms. The van der Waals surface area contributed by atoms with Gasteiger partial charge in [-0.3, -0.25) is 4.79 Å². The van der Waals surface area contributed by atoms with E-state index in [4.69, 9.17) is 22.1 Å². The van der Waals surface area contributed by atoms with Crippen LogP contribution in [0.4, 0.5) is 0 Å². The summed E-state index contributed by atoms with van der Waals surface area (Å²) in [6, 6.07) is 7.04. The van der Waals surface area contributed by atoms with Gasteiger partial charge in [0, 0.05) is 24.4 Å². The van der Waals surface area contributed by atoms with E-state index in [0.717, 1.165) is 5.57 Å². The van der Waals surface area contributed by atoms with E-state index >= 15 is 0 Å². The smallest absolute Gasteiger partial charge is 0.258 e. The van der Waals surface area contributed by atoms with Crippen LogP contribution in [0.15, 0.2) is 30.0 Å². The van der Waals surface area contributed by atoms with Crippen LogP contribution in [0.1, 0.15) is 27.6 Å². The van der Waals surface area contributed by atoms with Crippen molar-refractivity contribution >= 4 is 23.1 Å². The number of benzene rings is 1. The van der Waals surface area contributed by atoms with E-state index in [-0.39, 0.29) is 12.5 Å². The predicted octanol–water partition coefficient (Wildman–Crippen LogP) is 1.28. The second-order valence-electron chi connectivity index (χ2n) is 7.58. The van der Waals surface area contributed by atoms with Gasteiger partial charge in [-0.2, -0.15) is 0 Å². The molecule has 2 aromatic rings. The first-order chi connectivity index (χ1) is 14.3. The zero-order valence-electron chi connectivity index (χ0n) is 16.9. The molecule has 30 heavy (non-hydrogen) atoms. The SMILES string of the molecule is Cc1nc(C2=C(N)CN(C(=O)c3ccccc3OC3CNC[C@@H]3O)C2)nc(C)c1Cl. The highest BCUT2D eigenvalue weighted by Gasteiger charge is 2.31. The van der Waals surface area contributed by atoms with Crippen LogP contribution in [0.25, 0.3) is 5.57 Å². The minimum absolute atomic E-state index is 0.202. The van der Waals surface area contributed by atoms with Crippen molar-refractivity contribution in [2.24, 2.45) is 5.73 Å². The molecule has 1 fully saturated rings. The number of halogens is 1. The highest BCUT2D eigenvalue weighted by Crippen LogP contribution is 2.28. The monoisotopic (exact) mass is 429 g/mol. The number of carbonyl (C=O) groups excluding carboxylic acids is 1. The van der Waals surface area contributed by atoms with Crippen LogP contribution in [-0.4, -0.2) is 64.3 Å². The van der Waals surface area contributed by atoms with Crippen LogP contribution < -0.4 is 15.8 Å². The third-order valence-electron chi connectivity index (χ3n) is 5.36. The molecule has 2 aliphatic heterocycles. The van der Waals surface area contributed by atoms with E-state index in [1.165, 1.54) is 0 Å². The second kappa shape index (κ2) is 8.22. The maximum Gasteiger partial charge on any atom is 0.258 e. The van der Waals surface area contributed by atoms with E-state index in [1.807, 2.05) is 13.8 Å². The van der Waals surface area contributed by atoms with Crippen molar-refractivity contribution in [2.75, 3.05) is 26.2 Å². The third-order valence-corrected chi connectivity index (χ3v) is 5.91. The Morgan fingerprint density at radius 1 is 1.23 bits per heavy atom. The molecule has 0 aliphatic carbocycles. The highest BCUT2D eigenvalue weighted by atomic mass is 35.5. The Labute approximate surface area is 179 Å². The number of nitrogens with two attached hydrogens (primary N) is 1. The Balaban J connectivity index is 1.55. The number of aliphatic hydroxyl groups excluding tert-OH is 1. The van der Waals surface area contributed by atoms with Gasteiger partial charge in [0.1, 0.15) is 18.0 Å². The minimum Gasteiger partial charge on any atom is -0.486 e. The molecule has 158 valence electrons. The third kappa shape index (κ3) is 3.86. The lowest BCUT2D eigenvalue weighted by molar-refractivity contribution is 0.0688. The number of aryl methyl sites for hydroxylation is 2. The molecule has 0 radical (unpaired) electrons. The first-order valence-corrected chi connectivity index (χ1v) is 10.1. The molecule has 4 N–H and O–H groups in total. The number of hydrogen-bond acceptors (Lipinski definition) is 7. The van der Waals surface area contributed by atoms with Gasteiger partial charge in [0.25, 0.3) is 5.91 Å². The van der Waals surface area contributed by atoms with Gasteiger partial charge in [0.2, 0.25) is 0 Å². The van der Waals surface area contributed by atoms with Gasteiger partial charge in [-0.05, 0) is 26.0 Å². The van der Waals surface area contributed by atoms with Crippen molar-refractivity contribution in [3.63, 3.8) is 0 Å². The summed E-state index contributed by atoms with van der Waals surface area (Å²) < 4.78 is 5.94. The fourth-order valence-corrected chi connectivity index (χ4v) is 3.77. The summed E-state index contributed by atoms with van der Waals surface area (Å²) in [4.78, 5) is 23.8. The van der Waals surface area contributed by atoms with Gasteiger partial charge in [0.05, 0.1) is 35.1 Å². The van der Waals surface area contributed by atoms with Gasteiger partial charge in [-0.1, -0.05) is 23.7 Å². The molecule has 1 unspecified atom stereocenters. The van der Waals surface area contributed by atoms with Crippen molar-refractivity contribution < 1.29 is 14.6 Å². The Morgan fingerprint density at radius 3 is 2.60 bits per heavy atom. The number of ether oxygens (including phenoxy) is 1. The van der Waals surface area contributed by atoms with E-state index in [9.17, 15) is 9.90 Å². The van der Waals surface area contributed by atoms with Crippen molar-refractivity contribution in [1.82, 2.24) is 20.2 Å². The van der Waals surface area contributed by atoms with Crippen molar-refractivity contribution in [2.45, 2.75) is 26.1 Å². The predicted molar refractivity (Wildman–Crippen MR) is 113 cm³/mol. The normalized spacial score (nSPS) is 21.4. The summed E-state index contributed by atoms with van der Waals surface area (Å²) in [7, 11) is 0.